The number of carbonyl (C=O) groups excluding carboxylic acids is 1. The van der Waals surface area contributed by atoms with Gasteiger partial charge in [0.05, 0.1) is 17.3 Å². The summed E-state index contributed by atoms with van der Waals surface area (Å²) in [6, 6.07) is 5.17. The molecular weight excluding hydrogens is 292 g/mol. The number of rotatable bonds is 7. The fourth-order valence-corrected chi connectivity index (χ4v) is 2.33. The Labute approximate surface area is 129 Å². The number of halogens is 1. The molecule has 21 heavy (non-hydrogen) atoms. The van der Waals surface area contributed by atoms with E-state index in [1.807, 2.05) is 13.8 Å². The lowest BCUT2D eigenvalue weighted by Gasteiger charge is -2.28. The van der Waals surface area contributed by atoms with E-state index in [2.05, 4.69) is 0 Å². The molecule has 0 saturated carbocycles. The average molecular weight is 311 g/mol. The number of carboxylic acids is 1. The second-order valence-corrected chi connectivity index (χ2v) is 5.50. The van der Waals surface area contributed by atoms with Crippen LogP contribution in [0.1, 0.15) is 19.4 Å². The first-order chi connectivity index (χ1) is 9.81. The number of anilines is 1. The molecule has 1 rings (SSSR count). The summed E-state index contributed by atoms with van der Waals surface area (Å²) in [5.74, 6) is -1.23. The van der Waals surface area contributed by atoms with Crippen molar-refractivity contribution in [3.63, 3.8) is 0 Å². The van der Waals surface area contributed by atoms with Gasteiger partial charge in [-0.25, -0.2) is 4.79 Å². The summed E-state index contributed by atoms with van der Waals surface area (Å²) in [5, 5.41) is 9.21. The van der Waals surface area contributed by atoms with Gasteiger partial charge in [0.1, 0.15) is 0 Å². The van der Waals surface area contributed by atoms with Crippen molar-refractivity contribution in [2.45, 2.75) is 13.8 Å². The Hall–Kier alpha value is -2.01. The maximum absolute atomic E-state index is 11.3. The minimum absolute atomic E-state index is 0.0236. The SMILES string of the molecule is CC(C)CN(CC(N)=O)c1c(Cl)cccc1/C=C/C(=O)O. The number of carboxylic acid groups (broad SMARTS) is 1. The zero-order chi connectivity index (χ0) is 16.0. The summed E-state index contributed by atoms with van der Waals surface area (Å²) >= 11 is 6.23. The monoisotopic (exact) mass is 310 g/mol. The van der Waals surface area contributed by atoms with Crippen LogP contribution in [0, 0.1) is 5.92 Å². The second-order valence-electron chi connectivity index (χ2n) is 5.09. The van der Waals surface area contributed by atoms with Crippen LogP contribution in [0.15, 0.2) is 24.3 Å². The van der Waals surface area contributed by atoms with Crippen molar-refractivity contribution in [3.05, 3.63) is 34.9 Å². The molecule has 0 aromatic heterocycles. The number of primary amides is 1. The fourth-order valence-electron chi connectivity index (χ4n) is 2.02. The van der Waals surface area contributed by atoms with E-state index < -0.39 is 11.9 Å². The summed E-state index contributed by atoms with van der Waals surface area (Å²) in [5.41, 5.74) is 6.54. The zero-order valence-electron chi connectivity index (χ0n) is 12.0. The van der Waals surface area contributed by atoms with E-state index in [0.29, 0.717) is 22.8 Å². The van der Waals surface area contributed by atoms with Crippen LogP contribution in [0.3, 0.4) is 0 Å². The molecule has 3 N–H and O–H groups in total. The number of aliphatic carboxylic acids is 1. The summed E-state index contributed by atoms with van der Waals surface area (Å²) in [4.78, 5) is 23.7. The first-order valence-corrected chi connectivity index (χ1v) is 6.91. The van der Waals surface area contributed by atoms with Crippen molar-refractivity contribution in [2.75, 3.05) is 18.0 Å². The topological polar surface area (TPSA) is 83.6 Å². The Kier molecular flexibility index (Phi) is 6.24. The zero-order valence-corrected chi connectivity index (χ0v) is 12.8. The van der Waals surface area contributed by atoms with Crippen molar-refractivity contribution in [3.8, 4) is 0 Å². The van der Waals surface area contributed by atoms with Gasteiger partial charge in [-0.1, -0.05) is 37.6 Å². The van der Waals surface area contributed by atoms with Gasteiger partial charge in [-0.3, -0.25) is 4.79 Å². The molecule has 0 aliphatic heterocycles. The van der Waals surface area contributed by atoms with Crippen molar-refractivity contribution >= 4 is 35.2 Å². The Morgan fingerprint density at radius 2 is 2.10 bits per heavy atom. The van der Waals surface area contributed by atoms with E-state index >= 15 is 0 Å². The quantitative estimate of drug-likeness (QED) is 0.757. The van der Waals surface area contributed by atoms with Gasteiger partial charge in [0.25, 0.3) is 0 Å². The third kappa shape index (κ3) is 5.47. The fraction of sp³-hybridized carbons (Fsp3) is 0.333. The van der Waals surface area contributed by atoms with Gasteiger partial charge in [-0.2, -0.15) is 0 Å². The van der Waals surface area contributed by atoms with Crippen LogP contribution in [0.4, 0.5) is 5.69 Å². The summed E-state index contributed by atoms with van der Waals surface area (Å²) in [7, 11) is 0. The molecule has 0 aliphatic rings. The van der Waals surface area contributed by atoms with Gasteiger partial charge < -0.3 is 15.7 Å². The molecule has 5 nitrogen and oxygen atoms in total. The van der Waals surface area contributed by atoms with Crippen LogP contribution < -0.4 is 10.6 Å². The summed E-state index contributed by atoms with van der Waals surface area (Å²) in [6.45, 7) is 4.63. The molecule has 0 spiro atoms. The normalized spacial score (nSPS) is 11.0. The third-order valence-corrected chi connectivity index (χ3v) is 2.98. The molecule has 0 atom stereocenters. The van der Waals surface area contributed by atoms with E-state index in [4.69, 9.17) is 22.4 Å². The molecule has 0 aliphatic carbocycles. The van der Waals surface area contributed by atoms with Crippen LogP contribution in [0.5, 0.6) is 0 Å². The summed E-state index contributed by atoms with van der Waals surface area (Å²) in [6.07, 6.45) is 2.49. The minimum atomic E-state index is -1.05. The number of nitrogens with zero attached hydrogens (tertiary/aromatic N) is 1. The van der Waals surface area contributed by atoms with Gasteiger partial charge in [-0.05, 0) is 23.6 Å². The van der Waals surface area contributed by atoms with Gasteiger partial charge >= 0.3 is 5.97 Å². The minimum Gasteiger partial charge on any atom is -0.478 e. The van der Waals surface area contributed by atoms with Gasteiger partial charge in [0.2, 0.25) is 5.91 Å². The Morgan fingerprint density at radius 1 is 1.43 bits per heavy atom. The lowest BCUT2D eigenvalue weighted by atomic mass is 10.1. The molecule has 0 unspecified atom stereocenters. The molecular formula is C15H19ClN2O3. The van der Waals surface area contributed by atoms with Crippen molar-refractivity contribution < 1.29 is 14.7 Å². The van der Waals surface area contributed by atoms with Gasteiger partial charge in [0, 0.05) is 12.6 Å². The van der Waals surface area contributed by atoms with E-state index in [1.54, 1.807) is 23.1 Å². The number of hydrogen-bond donors (Lipinski definition) is 2. The molecule has 0 heterocycles. The molecule has 0 bridgehead atoms. The maximum atomic E-state index is 11.3. The molecule has 0 saturated heterocycles. The first-order valence-electron chi connectivity index (χ1n) is 6.54. The summed E-state index contributed by atoms with van der Waals surface area (Å²) < 4.78 is 0. The Balaban J connectivity index is 3.27. The van der Waals surface area contributed by atoms with Gasteiger partial charge in [-0.15, -0.1) is 0 Å². The first kappa shape index (κ1) is 17.0. The van der Waals surface area contributed by atoms with E-state index in [0.717, 1.165) is 6.08 Å². The molecule has 0 radical (unpaired) electrons. The highest BCUT2D eigenvalue weighted by Crippen LogP contribution is 2.31. The smallest absolute Gasteiger partial charge is 0.328 e. The van der Waals surface area contributed by atoms with Crippen LogP contribution in [-0.4, -0.2) is 30.1 Å². The predicted molar refractivity (Wildman–Crippen MR) is 84.4 cm³/mol. The predicted octanol–water partition coefficient (Wildman–Crippen LogP) is 2.39. The molecule has 1 amide bonds. The second kappa shape index (κ2) is 7.69. The van der Waals surface area contributed by atoms with Gasteiger partial charge in [0.15, 0.2) is 0 Å². The van der Waals surface area contributed by atoms with E-state index in [9.17, 15) is 9.59 Å². The standard InChI is InChI=1S/C15H19ClN2O3/c1-10(2)8-18(9-13(17)19)15-11(6-7-14(20)21)4-3-5-12(15)16/h3-7,10H,8-9H2,1-2H3,(H2,17,19)(H,20,21)/b7-6+. The molecule has 6 heteroatoms. The van der Waals surface area contributed by atoms with Crippen LogP contribution in [0.2, 0.25) is 5.02 Å². The number of benzene rings is 1. The number of nitrogens with two attached hydrogens (primary N) is 1. The van der Waals surface area contributed by atoms with Crippen molar-refractivity contribution in [2.24, 2.45) is 11.7 Å². The number of amides is 1. The molecule has 1 aromatic carbocycles. The van der Waals surface area contributed by atoms with E-state index in [1.165, 1.54) is 6.08 Å². The highest BCUT2D eigenvalue weighted by atomic mass is 35.5. The Morgan fingerprint density at radius 3 is 2.62 bits per heavy atom. The number of carbonyl (C=O) groups is 2. The lowest BCUT2D eigenvalue weighted by Crippen LogP contribution is -2.36. The average Bonchev–Trinajstić information content (AvgIpc) is 2.34. The Bertz CT molecular complexity index is 556. The van der Waals surface area contributed by atoms with Crippen LogP contribution in [0.25, 0.3) is 6.08 Å². The lowest BCUT2D eigenvalue weighted by molar-refractivity contribution is -0.131. The highest BCUT2D eigenvalue weighted by Gasteiger charge is 2.17. The van der Waals surface area contributed by atoms with Crippen LogP contribution in [-0.2, 0) is 9.59 Å². The third-order valence-electron chi connectivity index (χ3n) is 2.67. The number of para-hydroxylation sites is 1. The maximum Gasteiger partial charge on any atom is 0.328 e. The molecule has 1 aromatic rings. The van der Waals surface area contributed by atoms with Crippen molar-refractivity contribution in [1.82, 2.24) is 0 Å². The molecule has 0 fully saturated rings. The van der Waals surface area contributed by atoms with Crippen LogP contribution >= 0.6 is 11.6 Å². The largest absolute Gasteiger partial charge is 0.478 e. The van der Waals surface area contributed by atoms with Crippen molar-refractivity contribution in [1.29, 1.82) is 0 Å². The highest BCUT2D eigenvalue weighted by molar-refractivity contribution is 6.33. The number of hydrogen-bond acceptors (Lipinski definition) is 3. The molecule has 114 valence electrons. The van der Waals surface area contributed by atoms with E-state index in [-0.39, 0.29) is 12.5 Å².